The first-order valence-electron chi connectivity index (χ1n) is 19.2. The molecule has 2 fully saturated rings. The minimum Gasteiger partial charge on any atom is -0.289 e. The average Bonchev–Trinajstić information content (AvgIpc) is 4.05. The Bertz CT molecular complexity index is 2810. The van der Waals surface area contributed by atoms with E-state index in [0.29, 0.717) is 44.5 Å². The molecule has 4 aromatic rings. The second-order valence-electron chi connectivity index (χ2n) is 15.6. The van der Waals surface area contributed by atoms with Crippen molar-refractivity contribution in [2.24, 2.45) is 0 Å². The zero-order valence-electron chi connectivity index (χ0n) is 30.4. The molecule has 0 radical (unpaired) electrons. The number of rotatable bonds is 2. The summed E-state index contributed by atoms with van der Waals surface area (Å²) in [6, 6.07) is 23.0. The Morgan fingerprint density at radius 1 is 0.679 bits per heavy atom. The monoisotopic (exact) mass is 760 g/mol. The fraction of sp³-hybridized carbons (Fsp3) is 0.250. The number of benzene rings is 2. The van der Waals surface area contributed by atoms with Gasteiger partial charge < -0.3 is 0 Å². The molecule has 0 N–H and O–H groups in total. The number of carbonyl (C=O) groups is 2. The molecule has 268 valence electrons. The molecule has 0 aliphatic heterocycles. The summed E-state index contributed by atoms with van der Waals surface area (Å²) in [5.41, 5.74) is 8.80. The SMILES string of the molecule is [C-]#[N+]/C(C#N)=C1/C(=C/c2cc3c(s2)-c2sc4c(c2C32CCCCC2)C2(CCCCC2)C(/C=C2\C(=O)c3ccccc3C2=C(C#N)C#N)=C4)C(=O)c2ccccc21. The second-order valence-corrected chi connectivity index (χ2v) is 17.7. The van der Waals surface area contributed by atoms with E-state index in [1.54, 1.807) is 23.5 Å². The average molecular weight is 761 g/mol. The van der Waals surface area contributed by atoms with Crippen LogP contribution in [0.4, 0.5) is 0 Å². The normalized spacial score (nSPS) is 21.5. The van der Waals surface area contributed by atoms with Gasteiger partial charge in [0.05, 0.1) is 12.6 Å². The summed E-state index contributed by atoms with van der Waals surface area (Å²) in [6.45, 7) is 7.74. The number of ketones is 2. The van der Waals surface area contributed by atoms with E-state index in [-0.39, 0.29) is 33.7 Å². The number of Topliss-reactive ketones (excluding diaryl/α,β-unsaturated/α-hetero) is 2. The van der Waals surface area contributed by atoms with Gasteiger partial charge in [0, 0.05) is 63.8 Å². The van der Waals surface area contributed by atoms with Crippen molar-refractivity contribution >= 4 is 57.5 Å². The Morgan fingerprint density at radius 2 is 1.25 bits per heavy atom. The van der Waals surface area contributed by atoms with Crippen LogP contribution in [0, 0.1) is 40.6 Å². The number of allylic oxidation sites excluding steroid dienone is 8. The molecule has 8 heteroatoms. The van der Waals surface area contributed by atoms with Crippen molar-refractivity contribution < 1.29 is 9.59 Å². The van der Waals surface area contributed by atoms with E-state index >= 15 is 0 Å². The molecule has 2 aromatic carbocycles. The molecule has 10 rings (SSSR count). The molecule has 2 spiro atoms. The minimum absolute atomic E-state index is 0.0402. The number of hydrogen-bond donors (Lipinski definition) is 0. The van der Waals surface area contributed by atoms with E-state index < -0.39 is 0 Å². The van der Waals surface area contributed by atoms with E-state index in [9.17, 15) is 25.4 Å². The molecule has 0 unspecified atom stereocenters. The quantitative estimate of drug-likeness (QED) is 0.115. The summed E-state index contributed by atoms with van der Waals surface area (Å²) in [4.78, 5) is 36.2. The third-order valence-electron chi connectivity index (χ3n) is 13.0. The summed E-state index contributed by atoms with van der Waals surface area (Å²) in [6.07, 6.45) is 17.0. The first-order valence-corrected chi connectivity index (χ1v) is 20.9. The molecule has 0 atom stereocenters. The van der Waals surface area contributed by atoms with Crippen molar-refractivity contribution in [1.82, 2.24) is 0 Å². The van der Waals surface area contributed by atoms with Crippen molar-refractivity contribution in [3.63, 3.8) is 0 Å². The summed E-state index contributed by atoms with van der Waals surface area (Å²) in [5.74, 6) is -0.299. The van der Waals surface area contributed by atoms with Gasteiger partial charge in [-0.05, 0) is 83.4 Å². The summed E-state index contributed by atoms with van der Waals surface area (Å²) in [7, 11) is 0. The molecule has 6 aliphatic carbocycles. The van der Waals surface area contributed by atoms with Crippen molar-refractivity contribution in [3.8, 4) is 28.0 Å². The summed E-state index contributed by atoms with van der Waals surface area (Å²) < 4.78 is 0. The van der Waals surface area contributed by atoms with Crippen LogP contribution in [0.15, 0.2) is 88.7 Å². The number of hydrogen-bond acceptors (Lipinski definition) is 7. The van der Waals surface area contributed by atoms with Crippen LogP contribution in [0.2, 0.25) is 0 Å². The molecule has 2 aromatic heterocycles. The fourth-order valence-electron chi connectivity index (χ4n) is 10.7. The Balaban J connectivity index is 1.15. The van der Waals surface area contributed by atoms with Crippen LogP contribution in [0.25, 0.3) is 37.9 Å². The molecule has 2 heterocycles. The molecule has 0 amide bonds. The van der Waals surface area contributed by atoms with Crippen LogP contribution in [-0.2, 0) is 10.8 Å². The maximum atomic E-state index is 14.1. The molecule has 0 bridgehead atoms. The van der Waals surface area contributed by atoms with E-state index in [0.717, 1.165) is 68.2 Å². The van der Waals surface area contributed by atoms with Gasteiger partial charge in [0.2, 0.25) is 0 Å². The van der Waals surface area contributed by atoms with Gasteiger partial charge >= 0.3 is 0 Å². The molecule has 6 aliphatic rings. The van der Waals surface area contributed by atoms with Gasteiger partial charge in [0.1, 0.15) is 17.7 Å². The Kier molecular flexibility index (Phi) is 7.78. The summed E-state index contributed by atoms with van der Waals surface area (Å²) in [5, 5.41) is 30.0. The van der Waals surface area contributed by atoms with Gasteiger partial charge in [-0.3, -0.25) is 9.59 Å². The number of carbonyl (C=O) groups excluding carboxylic acids is 2. The number of thiophene rings is 2. The highest BCUT2D eigenvalue weighted by Crippen LogP contribution is 2.67. The lowest BCUT2D eigenvalue weighted by Crippen LogP contribution is -2.35. The lowest BCUT2D eigenvalue weighted by Gasteiger charge is -2.42. The van der Waals surface area contributed by atoms with Crippen LogP contribution in [0.3, 0.4) is 0 Å². The first kappa shape index (κ1) is 34.3. The van der Waals surface area contributed by atoms with Crippen LogP contribution in [-0.4, -0.2) is 11.6 Å². The van der Waals surface area contributed by atoms with Gasteiger partial charge in [-0.25, -0.2) is 10.1 Å². The van der Waals surface area contributed by atoms with Crippen LogP contribution in [0.5, 0.6) is 0 Å². The largest absolute Gasteiger partial charge is 0.289 e. The van der Waals surface area contributed by atoms with E-state index in [1.165, 1.54) is 37.7 Å². The van der Waals surface area contributed by atoms with Gasteiger partial charge in [-0.1, -0.05) is 87.1 Å². The molecule has 2 saturated carbocycles. The molecule has 56 heavy (non-hydrogen) atoms. The van der Waals surface area contributed by atoms with Gasteiger partial charge in [0.25, 0.3) is 5.70 Å². The van der Waals surface area contributed by atoms with Crippen molar-refractivity contribution in [3.05, 3.63) is 149 Å². The molecular formula is C48H32N4O2S2. The zero-order valence-corrected chi connectivity index (χ0v) is 32.1. The Labute approximate surface area is 333 Å². The van der Waals surface area contributed by atoms with Gasteiger partial charge in [-0.2, -0.15) is 10.5 Å². The van der Waals surface area contributed by atoms with Crippen molar-refractivity contribution in [1.29, 1.82) is 15.8 Å². The van der Waals surface area contributed by atoms with E-state index in [1.807, 2.05) is 66.0 Å². The molecular weight excluding hydrogens is 729 g/mol. The smallest absolute Gasteiger partial charge is 0.270 e. The van der Waals surface area contributed by atoms with E-state index in [4.69, 9.17) is 6.57 Å². The Hall–Kier alpha value is -6.16. The highest BCUT2D eigenvalue weighted by Gasteiger charge is 2.54. The maximum Gasteiger partial charge on any atom is 0.270 e. The molecule has 0 saturated heterocycles. The standard InChI is InChI=1S/C48H32N4O2S2/c1-52-37(26-51)40-31-13-5-7-15-33(31)44(54)35(40)22-29-23-36-45(55-29)46-42(48(36)18-10-3-11-19-48)41-38(56-46)21-28(47(41)16-8-2-9-17-47)20-34-39(27(24-49)25-50)30-12-4-6-14-32(30)43(34)53/h4-7,12-15,20-23H,2-3,8-11,16-19H2/b34-20-,35-22-,40-37+. The Morgan fingerprint density at radius 3 is 1.84 bits per heavy atom. The highest BCUT2D eigenvalue weighted by atomic mass is 32.1. The van der Waals surface area contributed by atoms with Crippen LogP contribution in [0.1, 0.15) is 122 Å². The maximum absolute atomic E-state index is 14.1. The third kappa shape index (κ3) is 4.55. The van der Waals surface area contributed by atoms with Crippen LogP contribution < -0.4 is 0 Å². The van der Waals surface area contributed by atoms with Crippen molar-refractivity contribution in [2.75, 3.05) is 0 Å². The highest BCUT2D eigenvalue weighted by molar-refractivity contribution is 7.23. The number of fused-ring (bicyclic) bond motifs is 10. The predicted octanol–water partition coefficient (Wildman–Crippen LogP) is 11.7. The second kappa shape index (κ2) is 12.7. The van der Waals surface area contributed by atoms with Crippen molar-refractivity contribution in [2.45, 2.75) is 75.0 Å². The minimum atomic E-state index is -0.275. The molecule has 6 nitrogen and oxygen atoms in total. The summed E-state index contributed by atoms with van der Waals surface area (Å²) >= 11 is 3.54. The van der Waals surface area contributed by atoms with E-state index in [2.05, 4.69) is 29.1 Å². The lowest BCUT2D eigenvalue weighted by molar-refractivity contribution is 0.103. The van der Waals surface area contributed by atoms with Gasteiger partial charge in [0.15, 0.2) is 11.6 Å². The fourth-order valence-corrected chi connectivity index (χ4v) is 13.5. The van der Waals surface area contributed by atoms with Crippen LogP contribution >= 0.6 is 22.7 Å². The number of nitriles is 3. The lowest BCUT2D eigenvalue weighted by atomic mass is 9.61. The topological polar surface area (TPSA) is 110 Å². The predicted molar refractivity (Wildman–Crippen MR) is 219 cm³/mol. The van der Waals surface area contributed by atoms with Gasteiger partial charge in [-0.15, -0.1) is 22.7 Å². The first-order chi connectivity index (χ1) is 27.4. The number of nitrogens with zero attached hydrogens (tertiary/aromatic N) is 4. The third-order valence-corrected chi connectivity index (χ3v) is 15.4. The zero-order chi connectivity index (χ0) is 38.3.